The standard InChI is InChI=1S/C25H18Cl3N3O/c1-14-2-4-15(5-3-14)13-31-24(19-11-10-18(27)12-20(19)28)21-22(29-30-23(21)25(31)32)16-6-8-17(26)9-7-16/h2-12,24H,13H2,1H3,(H,29,30). The van der Waals surface area contributed by atoms with Crippen molar-refractivity contribution in [3.63, 3.8) is 0 Å². The zero-order valence-corrected chi connectivity index (χ0v) is 19.3. The summed E-state index contributed by atoms with van der Waals surface area (Å²) in [6, 6.07) is 20.5. The average Bonchev–Trinajstić information content (AvgIpc) is 3.31. The summed E-state index contributed by atoms with van der Waals surface area (Å²) in [7, 11) is 0. The fourth-order valence-electron chi connectivity index (χ4n) is 4.12. The summed E-state index contributed by atoms with van der Waals surface area (Å²) < 4.78 is 0. The summed E-state index contributed by atoms with van der Waals surface area (Å²) in [4.78, 5) is 15.3. The second-order valence-corrected chi connectivity index (χ2v) is 9.13. The number of amides is 1. The Bertz CT molecular complexity index is 1310. The number of carbonyl (C=O) groups excluding carboxylic acids is 1. The molecule has 1 aromatic heterocycles. The molecule has 1 amide bonds. The zero-order chi connectivity index (χ0) is 22.4. The summed E-state index contributed by atoms with van der Waals surface area (Å²) in [5, 5.41) is 9.12. The number of benzene rings is 3. The minimum atomic E-state index is -0.409. The molecule has 1 aliphatic rings. The Morgan fingerprint density at radius 2 is 1.62 bits per heavy atom. The summed E-state index contributed by atoms with van der Waals surface area (Å²) in [5.41, 5.74) is 5.83. The Labute approximate surface area is 200 Å². The van der Waals surface area contributed by atoms with E-state index in [9.17, 15) is 4.79 Å². The monoisotopic (exact) mass is 481 g/mol. The molecule has 5 rings (SSSR count). The molecule has 1 atom stereocenters. The summed E-state index contributed by atoms with van der Waals surface area (Å²) in [6.45, 7) is 2.47. The van der Waals surface area contributed by atoms with Crippen LogP contribution in [0.4, 0.5) is 0 Å². The highest BCUT2D eigenvalue weighted by Crippen LogP contribution is 2.45. The van der Waals surface area contributed by atoms with Gasteiger partial charge in [-0.1, -0.05) is 82.8 Å². The average molecular weight is 483 g/mol. The lowest BCUT2D eigenvalue weighted by molar-refractivity contribution is 0.0730. The normalized spacial score (nSPS) is 15.3. The highest BCUT2D eigenvalue weighted by atomic mass is 35.5. The first-order chi connectivity index (χ1) is 15.4. The fraction of sp³-hybridized carbons (Fsp3) is 0.120. The lowest BCUT2D eigenvalue weighted by Crippen LogP contribution is -2.29. The van der Waals surface area contributed by atoms with Gasteiger partial charge in [-0.15, -0.1) is 0 Å². The highest BCUT2D eigenvalue weighted by molar-refractivity contribution is 6.35. The maximum Gasteiger partial charge on any atom is 0.273 e. The quantitative estimate of drug-likeness (QED) is 0.337. The van der Waals surface area contributed by atoms with E-state index in [0.29, 0.717) is 33.0 Å². The van der Waals surface area contributed by atoms with Gasteiger partial charge in [0.05, 0.1) is 11.7 Å². The highest BCUT2D eigenvalue weighted by Gasteiger charge is 2.42. The molecule has 2 heterocycles. The van der Waals surface area contributed by atoms with Crippen LogP contribution in [0.25, 0.3) is 11.3 Å². The molecule has 0 saturated heterocycles. The Balaban J connectivity index is 1.66. The molecule has 1 unspecified atom stereocenters. The third-order valence-corrected chi connectivity index (χ3v) is 6.53. The van der Waals surface area contributed by atoms with Crippen LogP contribution in [0.2, 0.25) is 15.1 Å². The van der Waals surface area contributed by atoms with Crippen molar-refractivity contribution in [2.45, 2.75) is 19.5 Å². The van der Waals surface area contributed by atoms with E-state index in [4.69, 9.17) is 34.8 Å². The van der Waals surface area contributed by atoms with Crippen molar-refractivity contribution in [3.8, 4) is 11.3 Å². The molecule has 3 aromatic carbocycles. The first-order valence-electron chi connectivity index (χ1n) is 10.1. The molecule has 0 fully saturated rings. The molecule has 1 N–H and O–H groups in total. The van der Waals surface area contributed by atoms with Crippen LogP contribution >= 0.6 is 34.8 Å². The number of aromatic nitrogens is 2. The van der Waals surface area contributed by atoms with Crippen LogP contribution in [-0.4, -0.2) is 21.0 Å². The van der Waals surface area contributed by atoms with Crippen LogP contribution in [0.15, 0.2) is 66.7 Å². The summed E-state index contributed by atoms with van der Waals surface area (Å²) >= 11 is 18.9. The SMILES string of the molecule is Cc1ccc(CN2C(=O)c3[nH]nc(-c4ccc(Cl)cc4)c3C2c2ccc(Cl)cc2Cl)cc1. The largest absolute Gasteiger partial charge is 0.322 e. The Morgan fingerprint density at radius 1 is 0.938 bits per heavy atom. The molecule has 0 spiro atoms. The topological polar surface area (TPSA) is 49.0 Å². The van der Waals surface area contributed by atoms with Crippen molar-refractivity contribution in [3.05, 3.63) is 110 Å². The number of halogens is 3. The summed E-state index contributed by atoms with van der Waals surface area (Å²) in [5.74, 6) is -0.121. The van der Waals surface area contributed by atoms with E-state index >= 15 is 0 Å². The lowest BCUT2D eigenvalue weighted by Gasteiger charge is -2.27. The Hall–Kier alpha value is -2.79. The third kappa shape index (κ3) is 3.69. The number of H-pyrrole nitrogens is 1. The molecule has 0 bridgehead atoms. The van der Waals surface area contributed by atoms with Gasteiger partial charge in [0.15, 0.2) is 0 Å². The van der Waals surface area contributed by atoms with Crippen LogP contribution in [0.3, 0.4) is 0 Å². The van der Waals surface area contributed by atoms with Crippen molar-refractivity contribution in [2.75, 3.05) is 0 Å². The number of fused-ring (bicyclic) bond motifs is 1. The smallest absolute Gasteiger partial charge is 0.273 e. The third-order valence-electron chi connectivity index (χ3n) is 5.71. The molecule has 7 heteroatoms. The summed E-state index contributed by atoms with van der Waals surface area (Å²) in [6.07, 6.45) is 0. The number of hydrogen-bond donors (Lipinski definition) is 1. The van der Waals surface area contributed by atoms with Crippen molar-refractivity contribution in [1.82, 2.24) is 15.1 Å². The van der Waals surface area contributed by atoms with Crippen LogP contribution in [-0.2, 0) is 6.54 Å². The van der Waals surface area contributed by atoms with Gasteiger partial charge in [-0.2, -0.15) is 5.10 Å². The molecule has 4 nitrogen and oxygen atoms in total. The molecular formula is C25H18Cl3N3O. The van der Waals surface area contributed by atoms with E-state index < -0.39 is 6.04 Å². The van der Waals surface area contributed by atoms with E-state index in [-0.39, 0.29) is 5.91 Å². The van der Waals surface area contributed by atoms with E-state index in [0.717, 1.165) is 22.3 Å². The number of aromatic amines is 1. The van der Waals surface area contributed by atoms with E-state index in [1.165, 1.54) is 5.56 Å². The van der Waals surface area contributed by atoms with Crippen LogP contribution in [0.5, 0.6) is 0 Å². The van der Waals surface area contributed by atoms with Gasteiger partial charge in [0.25, 0.3) is 5.91 Å². The van der Waals surface area contributed by atoms with Gasteiger partial charge >= 0.3 is 0 Å². The van der Waals surface area contributed by atoms with Crippen molar-refractivity contribution >= 4 is 40.7 Å². The zero-order valence-electron chi connectivity index (χ0n) is 17.1. The number of hydrogen-bond acceptors (Lipinski definition) is 2. The molecular weight excluding hydrogens is 465 g/mol. The number of carbonyl (C=O) groups is 1. The fourth-order valence-corrected chi connectivity index (χ4v) is 4.76. The maximum atomic E-state index is 13.5. The molecule has 0 aliphatic carbocycles. The van der Waals surface area contributed by atoms with Crippen molar-refractivity contribution < 1.29 is 4.79 Å². The molecule has 0 radical (unpaired) electrons. The van der Waals surface area contributed by atoms with E-state index in [1.807, 2.05) is 66.4 Å². The number of nitrogens with one attached hydrogen (secondary N) is 1. The van der Waals surface area contributed by atoms with Gasteiger partial charge < -0.3 is 4.90 Å². The molecule has 32 heavy (non-hydrogen) atoms. The number of rotatable bonds is 4. The van der Waals surface area contributed by atoms with Crippen LogP contribution in [0, 0.1) is 6.92 Å². The van der Waals surface area contributed by atoms with Crippen LogP contribution < -0.4 is 0 Å². The predicted octanol–water partition coefficient (Wildman–Crippen LogP) is 7.09. The minimum absolute atomic E-state index is 0.121. The Morgan fingerprint density at radius 3 is 2.31 bits per heavy atom. The molecule has 160 valence electrons. The number of aryl methyl sites for hydroxylation is 1. The van der Waals surface area contributed by atoms with E-state index in [2.05, 4.69) is 10.2 Å². The minimum Gasteiger partial charge on any atom is -0.322 e. The molecule has 1 aliphatic heterocycles. The van der Waals surface area contributed by atoms with Crippen molar-refractivity contribution in [1.29, 1.82) is 0 Å². The predicted molar refractivity (Wildman–Crippen MR) is 128 cm³/mol. The van der Waals surface area contributed by atoms with Crippen molar-refractivity contribution in [2.24, 2.45) is 0 Å². The number of nitrogens with zero attached hydrogens (tertiary/aromatic N) is 2. The molecule has 0 saturated carbocycles. The van der Waals surface area contributed by atoms with Crippen LogP contribution in [0.1, 0.15) is 38.8 Å². The second-order valence-electron chi connectivity index (χ2n) is 7.85. The van der Waals surface area contributed by atoms with E-state index in [1.54, 1.807) is 12.1 Å². The Kier molecular flexibility index (Phi) is 5.46. The van der Waals surface area contributed by atoms with Gasteiger partial charge in [0.1, 0.15) is 5.69 Å². The molecule has 4 aromatic rings. The second kappa shape index (κ2) is 8.28. The van der Waals surface area contributed by atoms with Gasteiger partial charge in [-0.25, -0.2) is 0 Å². The maximum absolute atomic E-state index is 13.5. The van der Waals surface area contributed by atoms with Gasteiger partial charge in [0.2, 0.25) is 0 Å². The van der Waals surface area contributed by atoms with Gasteiger partial charge in [0, 0.05) is 32.7 Å². The van der Waals surface area contributed by atoms with Gasteiger partial charge in [-0.05, 0) is 42.3 Å². The first-order valence-corrected chi connectivity index (χ1v) is 11.2. The lowest BCUT2D eigenvalue weighted by atomic mass is 9.96. The van der Waals surface area contributed by atoms with Gasteiger partial charge in [-0.3, -0.25) is 9.89 Å². The first kappa shape index (κ1) is 21.1.